The number of benzene rings is 2. The zero-order valence-electron chi connectivity index (χ0n) is 12.6. The van der Waals surface area contributed by atoms with Gasteiger partial charge in [0.15, 0.2) is 0 Å². The van der Waals surface area contributed by atoms with E-state index in [1.807, 2.05) is 36.4 Å². The number of carbonyl (C=O) groups is 1. The normalized spacial score (nSPS) is 10.1. The van der Waals surface area contributed by atoms with Crippen LogP contribution in [-0.4, -0.2) is 26.1 Å². The minimum absolute atomic E-state index is 0. The average Bonchev–Trinajstić information content (AvgIpc) is 2.50. The van der Waals surface area contributed by atoms with Crippen molar-refractivity contribution in [1.82, 2.24) is 0 Å². The third-order valence-electron chi connectivity index (χ3n) is 3.56. The van der Waals surface area contributed by atoms with Gasteiger partial charge in [0.25, 0.3) is 0 Å². The molecular formula is C18H26N2O2. The van der Waals surface area contributed by atoms with Crippen LogP contribution in [0.5, 0.6) is 5.75 Å². The summed E-state index contributed by atoms with van der Waals surface area (Å²) in [5.41, 5.74) is 6.44. The van der Waals surface area contributed by atoms with Gasteiger partial charge in [0.05, 0.1) is 7.11 Å². The van der Waals surface area contributed by atoms with E-state index >= 15 is 0 Å². The summed E-state index contributed by atoms with van der Waals surface area (Å²) >= 11 is 0. The van der Waals surface area contributed by atoms with Crippen molar-refractivity contribution < 1.29 is 9.53 Å². The molecule has 0 aromatic heterocycles. The van der Waals surface area contributed by atoms with Crippen molar-refractivity contribution >= 4 is 22.4 Å². The largest absolute Gasteiger partial charge is 0.497 e. The highest BCUT2D eigenvalue weighted by atomic mass is 16.5. The highest BCUT2D eigenvalue weighted by molar-refractivity contribution is 5.95. The first-order valence-electron chi connectivity index (χ1n) is 7.21. The second-order valence-corrected chi connectivity index (χ2v) is 5.06. The molecule has 0 heterocycles. The van der Waals surface area contributed by atoms with Gasteiger partial charge in [-0.2, -0.15) is 0 Å². The lowest BCUT2D eigenvalue weighted by molar-refractivity contribution is -0.116. The minimum atomic E-state index is 0. The summed E-state index contributed by atoms with van der Waals surface area (Å²) in [5, 5.41) is 2.20. The van der Waals surface area contributed by atoms with Crippen LogP contribution in [0.1, 0.15) is 27.2 Å². The number of fused-ring (bicyclic) bond motifs is 1. The van der Waals surface area contributed by atoms with Crippen LogP contribution in [0.4, 0.5) is 5.69 Å². The van der Waals surface area contributed by atoms with Gasteiger partial charge < -0.3 is 15.4 Å². The highest BCUT2D eigenvalue weighted by Crippen LogP contribution is 2.26. The molecule has 0 fully saturated rings. The fraction of sp³-hybridized carbons (Fsp3) is 0.389. The Bertz CT molecular complexity index is 626. The Balaban J connectivity index is 0.00000242. The molecule has 0 radical (unpaired) electrons. The topological polar surface area (TPSA) is 55.6 Å². The Morgan fingerprint density at radius 1 is 1.14 bits per heavy atom. The summed E-state index contributed by atoms with van der Waals surface area (Å²) in [6.07, 6.45) is 1.84. The maximum Gasteiger partial charge on any atom is 0.223 e. The van der Waals surface area contributed by atoms with Crippen LogP contribution in [0, 0.1) is 0 Å². The van der Waals surface area contributed by atoms with Gasteiger partial charge in [-0.15, -0.1) is 0 Å². The summed E-state index contributed by atoms with van der Waals surface area (Å²) < 4.78 is 5.23. The monoisotopic (exact) mass is 302 g/mol. The minimum Gasteiger partial charge on any atom is -0.497 e. The van der Waals surface area contributed by atoms with Gasteiger partial charge >= 0.3 is 0 Å². The molecular weight excluding hydrogens is 276 g/mol. The van der Waals surface area contributed by atoms with Crippen molar-refractivity contribution in [1.29, 1.82) is 0 Å². The maximum atomic E-state index is 11.8. The van der Waals surface area contributed by atoms with Gasteiger partial charge in [-0.25, -0.2) is 0 Å². The van der Waals surface area contributed by atoms with Gasteiger partial charge in [-0.3, -0.25) is 4.79 Å². The number of anilines is 1. The van der Waals surface area contributed by atoms with Crippen LogP contribution in [0.2, 0.25) is 0 Å². The van der Waals surface area contributed by atoms with Crippen molar-refractivity contribution in [2.45, 2.75) is 27.2 Å². The van der Waals surface area contributed by atoms with Crippen molar-refractivity contribution in [3.05, 3.63) is 36.4 Å². The zero-order chi connectivity index (χ0) is 15.2. The number of hydrogen-bond acceptors (Lipinski definition) is 3. The van der Waals surface area contributed by atoms with E-state index < -0.39 is 0 Å². The summed E-state index contributed by atoms with van der Waals surface area (Å²) in [6.45, 7) is 2.96. The van der Waals surface area contributed by atoms with Crippen molar-refractivity contribution in [2.75, 3.05) is 25.1 Å². The standard InChI is InChI=1S/C17H22N2O2.CH4/c1-13(20)19(10-4-3-9-18)16-7-5-15-12-17(21-2)8-6-14(15)11-16;/h5-8,11-12H,3-4,9-10,18H2,1-2H3;1H4. The van der Waals surface area contributed by atoms with Crippen LogP contribution < -0.4 is 15.4 Å². The fourth-order valence-corrected chi connectivity index (χ4v) is 2.39. The number of ether oxygens (including phenoxy) is 1. The van der Waals surface area contributed by atoms with Crippen molar-refractivity contribution in [3.63, 3.8) is 0 Å². The Morgan fingerprint density at radius 2 is 1.82 bits per heavy atom. The molecule has 0 aliphatic carbocycles. The second-order valence-electron chi connectivity index (χ2n) is 5.06. The molecule has 4 nitrogen and oxygen atoms in total. The molecule has 0 aliphatic heterocycles. The Morgan fingerprint density at radius 3 is 2.45 bits per heavy atom. The molecule has 2 aromatic carbocycles. The van der Waals surface area contributed by atoms with Crippen LogP contribution in [0.15, 0.2) is 36.4 Å². The predicted octanol–water partition coefficient (Wildman–Crippen LogP) is 3.58. The number of amides is 1. The Hall–Kier alpha value is -2.07. The molecule has 0 aliphatic rings. The number of rotatable bonds is 6. The van der Waals surface area contributed by atoms with E-state index in [4.69, 9.17) is 10.5 Å². The average molecular weight is 302 g/mol. The molecule has 0 saturated carbocycles. The van der Waals surface area contributed by atoms with Gasteiger partial charge in [0.2, 0.25) is 5.91 Å². The van der Waals surface area contributed by atoms with Crippen LogP contribution in [0.25, 0.3) is 10.8 Å². The maximum absolute atomic E-state index is 11.8. The molecule has 4 heteroatoms. The van der Waals surface area contributed by atoms with Crippen molar-refractivity contribution in [2.24, 2.45) is 5.73 Å². The number of nitrogens with zero attached hydrogens (tertiary/aromatic N) is 1. The smallest absolute Gasteiger partial charge is 0.223 e. The number of unbranched alkanes of at least 4 members (excludes halogenated alkanes) is 1. The molecule has 0 bridgehead atoms. The highest BCUT2D eigenvalue weighted by Gasteiger charge is 2.11. The second kappa shape index (κ2) is 8.39. The van der Waals surface area contributed by atoms with E-state index in [1.54, 1.807) is 18.9 Å². The van der Waals surface area contributed by atoms with Gasteiger partial charge in [0.1, 0.15) is 5.75 Å². The van der Waals surface area contributed by atoms with E-state index in [0.29, 0.717) is 13.1 Å². The molecule has 0 atom stereocenters. The molecule has 2 N–H and O–H groups in total. The number of nitrogens with two attached hydrogens (primary N) is 1. The Labute approximate surface area is 132 Å². The molecule has 120 valence electrons. The van der Waals surface area contributed by atoms with E-state index in [9.17, 15) is 4.79 Å². The molecule has 1 amide bonds. The van der Waals surface area contributed by atoms with Crippen LogP contribution in [0.3, 0.4) is 0 Å². The first-order chi connectivity index (χ1) is 10.2. The molecule has 2 aromatic rings. The lowest BCUT2D eigenvalue weighted by Crippen LogP contribution is -2.29. The van der Waals surface area contributed by atoms with E-state index in [1.165, 1.54) is 0 Å². The number of carbonyl (C=O) groups excluding carboxylic acids is 1. The van der Waals surface area contributed by atoms with E-state index in [-0.39, 0.29) is 13.3 Å². The van der Waals surface area contributed by atoms with Crippen molar-refractivity contribution in [3.8, 4) is 5.75 Å². The lowest BCUT2D eigenvalue weighted by Gasteiger charge is -2.21. The number of methoxy groups -OCH3 is 1. The number of hydrogen-bond donors (Lipinski definition) is 1. The summed E-state index contributed by atoms with van der Waals surface area (Å²) in [4.78, 5) is 13.7. The van der Waals surface area contributed by atoms with Crippen LogP contribution >= 0.6 is 0 Å². The van der Waals surface area contributed by atoms with Crippen LogP contribution in [-0.2, 0) is 4.79 Å². The molecule has 0 unspecified atom stereocenters. The fourth-order valence-electron chi connectivity index (χ4n) is 2.39. The third kappa shape index (κ3) is 4.21. The van der Waals surface area contributed by atoms with E-state index in [0.717, 1.165) is 35.1 Å². The van der Waals surface area contributed by atoms with Gasteiger partial charge in [-0.1, -0.05) is 19.6 Å². The summed E-state index contributed by atoms with van der Waals surface area (Å²) in [7, 11) is 1.66. The summed E-state index contributed by atoms with van der Waals surface area (Å²) in [5.74, 6) is 0.890. The lowest BCUT2D eigenvalue weighted by atomic mass is 10.1. The zero-order valence-corrected chi connectivity index (χ0v) is 12.6. The molecule has 0 saturated heterocycles. The summed E-state index contributed by atoms with van der Waals surface area (Å²) in [6, 6.07) is 12.0. The van der Waals surface area contributed by atoms with Gasteiger partial charge in [-0.05, 0) is 54.4 Å². The predicted molar refractivity (Wildman–Crippen MR) is 93.5 cm³/mol. The SMILES string of the molecule is C.COc1ccc2cc(N(CCCCN)C(C)=O)ccc2c1. The third-order valence-corrected chi connectivity index (χ3v) is 3.56. The first-order valence-corrected chi connectivity index (χ1v) is 7.21. The quantitative estimate of drug-likeness (QED) is 0.830. The molecule has 0 spiro atoms. The van der Waals surface area contributed by atoms with Gasteiger partial charge in [0, 0.05) is 19.2 Å². The first kappa shape index (κ1) is 18.0. The molecule has 22 heavy (non-hydrogen) atoms. The van der Waals surface area contributed by atoms with E-state index in [2.05, 4.69) is 0 Å². The molecule has 2 rings (SSSR count). The Kier molecular flexibility index (Phi) is 6.86.